The van der Waals surface area contributed by atoms with E-state index in [1.54, 1.807) is 23.5 Å². The molecule has 100 valence electrons. The summed E-state index contributed by atoms with van der Waals surface area (Å²) in [5.74, 6) is -0.200. The largest absolute Gasteiger partial charge is 0.504 e. The van der Waals surface area contributed by atoms with Crippen LogP contribution in [0.4, 0.5) is 0 Å². The molecule has 0 fully saturated rings. The maximum atomic E-state index is 9.58. The Morgan fingerprint density at radius 1 is 1.32 bits per heavy atom. The van der Waals surface area contributed by atoms with Crippen molar-refractivity contribution in [3.05, 3.63) is 28.8 Å². The summed E-state index contributed by atoms with van der Waals surface area (Å²) in [5.41, 5.74) is 2.02. The monoisotopic (exact) mass is 276 g/mol. The minimum absolute atomic E-state index is 0.0989. The van der Waals surface area contributed by atoms with E-state index in [1.807, 2.05) is 7.05 Å². The lowest BCUT2D eigenvalue weighted by Gasteiger charge is -2.19. The highest BCUT2D eigenvalue weighted by Crippen LogP contribution is 2.39. The number of hydrogen-bond acceptors (Lipinski definition) is 5. The summed E-state index contributed by atoms with van der Waals surface area (Å²) < 4.78 is 0. The summed E-state index contributed by atoms with van der Waals surface area (Å²) in [5, 5.41) is 23.2. The number of nitrogens with zero attached hydrogens (tertiary/aromatic N) is 1. The molecule has 3 N–H and O–H groups in total. The molecule has 0 bridgehead atoms. The fraction of sp³-hybridized carbons (Fsp3) is 0.357. The lowest BCUT2D eigenvalue weighted by molar-refractivity contribution is 0.404. The summed E-state index contributed by atoms with van der Waals surface area (Å²) in [4.78, 5) is 5.98. The Morgan fingerprint density at radius 2 is 2.16 bits per heavy atom. The molecule has 1 atom stereocenters. The number of rotatable bonds is 2. The van der Waals surface area contributed by atoms with Crippen LogP contribution in [0.5, 0.6) is 11.5 Å². The first-order chi connectivity index (χ1) is 9.19. The fourth-order valence-electron chi connectivity index (χ4n) is 2.48. The first-order valence-electron chi connectivity index (χ1n) is 6.38. The summed E-state index contributed by atoms with van der Waals surface area (Å²) in [6.07, 6.45) is 3.32. The van der Waals surface area contributed by atoms with Crippen LogP contribution in [0.25, 0.3) is 10.6 Å². The van der Waals surface area contributed by atoms with Crippen LogP contribution in [0.15, 0.2) is 18.2 Å². The number of aryl methyl sites for hydroxylation is 1. The standard InChI is InChI=1S/C14H16N2O2S/c1-15-9-3-2-4-10-13(9)19-14(16-10)8-5-6-11(17)12(18)7-8/h5-7,9,15,17-18H,2-4H2,1H3. The minimum atomic E-state index is -0.101. The van der Waals surface area contributed by atoms with Gasteiger partial charge in [-0.2, -0.15) is 0 Å². The molecule has 1 aliphatic carbocycles. The van der Waals surface area contributed by atoms with Crippen molar-refractivity contribution in [1.82, 2.24) is 10.3 Å². The number of aromatic nitrogens is 1. The van der Waals surface area contributed by atoms with Gasteiger partial charge in [0.15, 0.2) is 11.5 Å². The molecule has 1 aromatic carbocycles. The molecule has 0 radical (unpaired) electrons. The summed E-state index contributed by atoms with van der Waals surface area (Å²) in [6.45, 7) is 0. The third-order valence-electron chi connectivity index (χ3n) is 3.52. The van der Waals surface area contributed by atoms with Gasteiger partial charge in [-0.05, 0) is 44.5 Å². The third kappa shape index (κ3) is 2.19. The molecule has 4 nitrogen and oxygen atoms in total. The van der Waals surface area contributed by atoms with E-state index in [1.165, 1.54) is 10.9 Å². The average Bonchev–Trinajstić information content (AvgIpc) is 2.85. The molecule has 1 aromatic heterocycles. The van der Waals surface area contributed by atoms with Gasteiger partial charge in [0.05, 0.1) is 5.69 Å². The van der Waals surface area contributed by atoms with Crippen LogP contribution >= 0.6 is 11.3 Å². The van der Waals surface area contributed by atoms with Crippen LogP contribution in [-0.2, 0) is 6.42 Å². The second-order valence-corrected chi connectivity index (χ2v) is 5.80. The third-order valence-corrected chi connectivity index (χ3v) is 4.78. The summed E-state index contributed by atoms with van der Waals surface area (Å²) in [6, 6.07) is 5.24. The van der Waals surface area contributed by atoms with Gasteiger partial charge in [0.1, 0.15) is 5.01 Å². The quantitative estimate of drug-likeness (QED) is 0.738. The lowest BCUT2D eigenvalue weighted by Crippen LogP contribution is -2.19. The average molecular weight is 276 g/mol. The molecular formula is C14H16N2O2S. The summed E-state index contributed by atoms with van der Waals surface area (Å²) in [7, 11) is 1.98. The predicted molar refractivity (Wildman–Crippen MR) is 75.6 cm³/mol. The van der Waals surface area contributed by atoms with Crippen LogP contribution in [0.1, 0.15) is 29.5 Å². The van der Waals surface area contributed by atoms with E-state index in [0.29, 0.717) is 6.04 Å². The number of aromatic hydroxyl groups is 2. The molecule has 19 heavy (non-hydrogen) atoms. The van der Waals surface area contributed by atoms with Crippen molar-refractivity contribution in [1.29, 1.82) is 0 Å². The van der Waals surface area contributed by atoms with Crippen LogP contribution in [0.2, 0.25) is 0 Å². The van der Waals surface area contributed by atoms with Gasteiger partial charge in [-0.1, -0.05) is 0 Å². The van der Waals surface area contributed by atoms with E-state index in [-0.39, 0.29) is 11.5 Å². The molecule has 0 saturated heterocycles. The van der Waals surface area contributed by atoms with Crippen LogP contribution in [-0.4, -0.2) is 22.2 Å². The normalized spacial score (nSPS) is 18.3. The number of benzene rings is 1. The van der Waals surface area contributed by atoms with E-state index < -0.39 is 0 Å². The second-order valence-electron chi connectivity index (χ2n) is 4.77. The molecule has 0 saturated carbocycles. The lowest BCUT2D eigenvalue weighted by atomic mass is 9.98. The Kier molecular flexibility index (Phi) is 3.16. The highest BCUT2D eigenvalue weighted by atomic mass is 32.1. The number of phenolic OH excluding ortho intramolecular Hbond substituents is 2. The van der Waals surface area contributed by atoms with Gasteiger partial charge in [0, 0.05) is 16.5 Å². The molecule has 0 amide bonds. The fourth-order valence-corrected chi connectivity index (χ4v) is 3.73. The van der Waals surface area contributed by atoms with Crippen molar-refractivity contribution >= 4 is 11.3 Å². The van der Waals surface area contributed by atoms with Gasteiger partial charge < -0.3 is 15.5 Å². The Bertz CT molecular complexity index is 609. The zero-order valence-corrected chi connectivity index (χ0v) is 11.5. The minimum Gasteiger partial charge on any atom is -0.504 e. The van der Waals surface area contributed by atoms with Crippen LogP contribution in [0.3, 0.4) is 0 Å². The predicted octanol–water partition coefficient (Wildman–Crippen LogP) is 2.82. The van der Waals surface area contributed by atoms with Gasteiger partial charge in [0.25, 0.3) is 0 Å². The number of fused-ring (bicyclic) bond motifs is 1. The molecule has 1 aliphatic rings. The Balaban J connectivity index is 2.02. The van der Waals surface area contributed by atoms with Gasteiger partial charge in [-0.25, -0.2) is 4.98 Å². The highest BCUT2D eigenvalue weighted by Gasteiger charge is 2.23. The molecule has 0 spiro atoms. The van der Waals surface area contributed by atoms with Crippen molar-refractivity contribution < 1.29 is 10.2 Å². The molecule has 1 unspecified atom stereocenters. The molecule has 2 aromatic rings. The zero-order valence-electron chi connectivity index (χ0n) is 10.7. The van der Waals surface area contributed by atoms with Gasteiger partial charge >= 0.3 is 0 Å². The highest BCUT2D eigenvalue weighted by molar-refractivity contribution is 7.15. The maximum absolute atomic E-state index is 9.58. The van der Waals surface area contributed by atoms with Gasteiger partial charge in [-0.3, -0.25) is 0 Å². The molecule has 5 heteroatoms. The SMILES string of the molecule is CNC1CCCc2nc(-c3ccc(O)c(O)c3)sc21. The van der Waals surface area contributed by atoms with E-state index >= 15 is 0 Å². The zero-order chi connectivity index (χ0) is 13.4. The van der Waals surface area contributed by atoms with Crippen molar-refractivity contribution in [2.45, 2.75) is 25.3 Å². The summed E-state index contributed by atoms with van der Waals surface area (Å²) >= 11 is 1.67. The van der Waals surface area contributed by atoms with E-state index in [4.69, 9.17) is 0 Å². The number of phenols is 2. The molecular weight excluding hydrogens is 260 g/mol. The Morgan fingerprint density at radius 3 is 2.89 bits per heavy atom. The van der Waals surface area contributed by atoms with E-state index in [9.17, 15) is 10.2 Å². The maximum Gasteiger partial charge on any atom is 0.158 e. The van der Waals surface area contributed by atoms with Crippen molar-refractivity contribution in [2.75, 3.05) is 7.05 Å². The first-order valence-corrected chi connectivity index (χ1v) is 7.20. The molecule has 1 heterocycles. The second kappa shape index (κ2) is 4.83. The smallest absolute Gasteiger partial charge is 0.158 e. The van der Waals surface area contributed by atoms with Crippen molar-refractivity contribution in [3.63, 3.8) is 0 Å². The van der Waals surface area contributed by atoms with Gasteiger partial charge in [-0.15, -0.1) is 11.3 Å². The number of nitrogens with one attached hydrogen (secondary N) is 1. The number of thiazole rings is 1. The Hall–Kier alpha value is -1.59. The first kappa shape index (κ1) is 12.4. The Labute approximate surface area is 115 Å². The topological polar surface area (TPSA) is 65.4 Å². The van der Waals surface area contributed by atoms with E-state index in [2.05, 4.69) is 10.3 Å². The number of hydrogen-bond donors (Lipinski definition) is 3. The van der Waals surface area contributed by atoms with Crippen molar-refractivity contribution in [2.24, 2.45) is 0 Å². The molecule has 3 rings (SSSR count). The van der Waals surface area contributed by atoms with Crippen molar-refractivity contribution in [3.8, 4) is 22.1 Å². The van der Waals surface area contributed by atoms with E-state index in [0.717, 1.165) is 35.5 Å². The molecule has 0 aliphatic heterocycles. The van der Waals surface area contributed by atoms with Gasteiger partial charge in [0.2, 0.25) is 0 Å². The van der Waals surface area contributed by atoms with Crippen LogP contribution < -0.4 is 5.32 Å². The van der Waals surface area contributed by atoms with Crippen LogP contribution in [0, 0.1) is 0 Å².